The molecule has 0 spiro atoms. The highest BCUT2D eigenvalue weighted by molar-refractivity contribution is 7.87. The highest BCUT2D eigenvalue weighted by Crippen LogP contribution is 2.32. The third-order valence-corrected chi connectivity index (χ3v) is 6.16. The Morgan fingerprint density at radius 1 is 1.10 bits per heavy atom. The summed E-state index contributed by atoms with van der Waals surface area (Å²) in [6, 6.07) is 15.2. The van der Waals surface area contributed by atoms with Gasteiger partial charge in [0.15, 0.2) is 0 Å². The number of nitrogens with zero attached hydrogens (tertiary/aromatic N) is 1. The third kappa shape index (κ3) is 4.79. The van der Waals surface area contributed by atoms with E-state index in [9.17, 15) is 13.2 Å². The van der Waals surface area contributed by atoms with E-state index in [0.717, 1.165) is 27.7 Å². The van der Waals surface area contributed by atoms with Gasteiger partial charge in [-0.05, 0) is 42.2 Å². The van der Waals surface area contributed by atoms with E-state index >= 15 is 0 Å². The van der Waals surface area contributed by atoms with E-state index < -0.39 is 16.0 Å². The highest BCUT2D eigenvalue weighted by atomic mass is 32.2. The van der Waals surface area contributed by atoms with Crippen LogP contribution in [0.5, 0.6) is 5.75 Å². The summed E-state index contributed by atoms with van der Waals surface area (Å²) < 4.78 is 31.6. The molecule has 7 heteroatoms. The molecular formula is C22H26N2O4S. The number of rotatable bonds is 9. The Hall–Kier alpha value is -2.80. The number of aromatic nitrogens is 1. The van der Waals surface area contributed by atoms with Gasteiger partial charge in [-0.2, -0.15) is 8.42 Å². The number of nitrogens with two attached hydrogens (primary N) is 1. The largest absolute Gasteiger partial charge is 0.382 e. The zero-order chi connectivity index (χ0) is 21.0. The van der Waals surface area contributed by atoms with Gasteiger partial charge in [0.05, 0.1) is 12.2 Å². The van der Waals surface area contributed by atoms with Crippen LogP contribution in [0.25, 0.3) is 10.9 Å². The van der Waals surface area contributed by atoms with E-state index in [1.807, 2.05) is 43.3 Å². The number of hydrogen-bond donors (Lipinski definition) is 1. The van der Waals surface area contributed by atoms with Crippen LogP contribution in [0.4, 0.5) is 0 Å². The van der Waals surface area contributed by atoms with Crippen molar-refractivity contribution in [2.24, 2.45) is 5.73 Å². The summed E-state index contributed by atoms with van der Waals surface area (Å²) in [5.41, 5.74) is 9.39. The van der Waals surface area contributed by atoms with Crippen LogP contribution in [-0.4, -0.2) is 24.6 Å². The average Bonchev–Trinajstić information content (AvgIpc) is 2.93. The summed E-state index contributed by atoms with van der Waals surface area (Å²) in [6.07, 6.45) is 1.28. The van der Waals surface area contributed by atoms with E-state index in [0.29, 0.717) is 19.4 Å². The molecule has 3 rings (SSSR count). The Bertz CT molecular complexity index is 1120. The first-order chi connectivity index (χ1) is 13.8. The fraction of sp³-hybridized carbons (Fsp3) is 0.318. The molecule has 154 valence electrons. The zero-order valence-electron chi connectivity index (χ0n) is 16.7. The molecule has 2 N–H and O–H groups in total. The smallest absolute Gasteiger partial charge is 0.309 e. The van der Waals surface area contributed by atoms with Crippen molar-refractivity contribution in [3.05, 3.63) is 65.4 Å². The SMILES string of the molecule is CCCS(=O)(=O)Oc1ccc2c(c1)c(CC(N)=O)c(CC)n2Cc1ccccc1. The molecule has 6 nitrogen and oxygen atoms in total. The summed E-state index contributed by atoms with van der Waals surface area (Å²) in [7, 11) is -3.65. The molecule has 0 saturated carbocycles. The van der Waals surface area contributed by atoms with Crippen molar-refractivity contribution in [3.63, 3.8) is 0 Å². The molecule has 1 heterocycles. The molecule has 0 aliphatic rings. The first-order valence-electron chi connectivity index (χ1n) is 9.73. The van der Waals surface area contributed by atoms with Crippen LogP contribution in [0.15, 0.2) is 48.5 Å². The normalized spacial score (nSPS) is 11.7. The maximum Gasteiger partial charge on any atom is 0.309 e. The lowest BCUT2D eigenvalue weighted by Crippen LogP contribution is -2.15. The van der Waals surface area contributed by atoms with E-state index in [2.05, 4.69) is 4.57 Å². The molecule has 3 aromatic rings. The molecule has 0 aliphatic carbocycles. The number of carbonyl (C=O) groups excluding carboxylic acids is 1. The first-order valence-corrected chi connectivity index (χ1v) is 11.3. The van der Waals surface area contributed by atoms with Crippen LogP contribution in [0.2, 0.25) is 0 Å². The van der Waals surface area contributed by atoms with Crippen molar-refractivity contribution in [2.75, 3.05) is 5.75 Å². The van der Waals surface area contributed by atoms with Gasteiger partial charge in [0.2, 0.25) is 5.91 Å². The fourth-order valence-electron chi connectivity index (χ4n) is 3.67. The third-order valence-electron chi connectivity index (χ3n) is 4.80. The van der Waals surface area contributed by atoms with E-state index in [-0.39, 0.29) is 17.9 Å². The molecule has 0 radical (unpaired) electrons. The molecule has 0 bridgehead atoms. The second kappa shape index (κ2) is 8.69. The molecular weight excluding hydrogens is 388 g/mol. The van der Waals surface area contributed by atoms with Crippen molar-refractivity contribution in [1.82, 2.24) is 4.57 Å². The van der Waals surface area contributed by atoms with Crippen molar-refractivity contribution in [2.45, 2.75) is 39.7 Å². The van der Waals surface area contributed by atoms with Gasteiger partial charge in [0.1, 0.15) is 5.75 Å². The number of amides is 1. The van der Waals surface area contributed by atoms with Crippen LogP contribution < -0.4 is 9.92 Å². The standard InChI is InChI=1S/C22H26N2O4S/c1-3-12-29(26,27)28-17-10-11-21-18(13-17)19(14-22(23)25)20(4-2)24(21)15-16-8-6-5-7-9-16/h5-11,13H,3-4,12,14-15H2,1-2H3,(H2,23,25). The summed E-state index contributed by atoms with van der Waals surface area (Å²) in [5, 5.41) is 0.792. The Morgan fingerprint density at radius 3 is 2.45 bits per heavy atom. The minimum Gasteiger partial charge on any atom is -0.382 e. The number of fused-ring (bicyclic) bond motifs is 1. The van der Waals surface area contributed by atoms with Gasteiger partial charge in [-0.3, -0.25) is 4.79 Å². The minimum atomic E-state index is -3.65. The monoisotopic (exact) mass is 414 g/mol. The summed E-state index contributed by atoms with van der Waals surface area (Å²) in [4.78, 5) is 11.7. The first kappa shape index (κ1) is 20.9. The maximum atomic E-state index is 12.1. The summed E-state index contributed by atoms with van der Waals surface area (Å²) in [5.74, 6) is -0.228. The fourth-order valence-corrected chi connectivity index (χ4v) is 4.65. The van der Waals surface area contributed by atoms with Gasteiger partial charge in [-0.1, -0.05) is 44.2 Å². The van der Waals surface area contributed by atoms with Gasteiger partial charge < -0.3 is 14.5 Å². The van der Waals surface area contributed by atoms with Crippen LogP contribution in [0.1, 0.15) is 37.1 Å². The van der Waals surface area contributed by atoms with Crippen molar-refractivity contribution >= 4 is 26.9 Å². The molecule has 29 heavy (non-hydrogen) atoms. The Labute approximate surface area is 171 Å². The zero-order valence-corrected chi connectivity index (χ0v) is 17.5. The van der Waals surface area contributed by atoms with E-state index in [4.69, 9.17) is 9.92 Å². The summed E-state index contributed by atoms with van der Waals surface area (Å²) in [6.45, 7) is 4.46. The van der Waals surface area contributed by atoms with Crippen molar-refractivity contribution in [1.29, 1.82) is 0 Å². The van der Waals surface area contributed by atoms with Gasteiger partial charge in [0.25, 0.3) is 0 Å². The maximum absolute atomic E-state index is 12.1. The van der Waals surface area contributed by atoms with Crippen LogP contribution in [-0.2, 0) is 34.3 Å². The lowest BCUT2D eigenvalue weighted by Gasteiger charge is -2.11. The van der Waals surface area contributed by atoms with Crippen LogP contribution >= 0.6 is 0 Å². The van der Waals surface area contributed by atoms with E-state index in [1.165, 1.54) is 0 Å². The van der Waals surface area contributed by atoms with Gasteiger partial charge in [-0.15, -0.1) is 0 Å². The molecule has 0 aliphatic heterocycles. The topological polar surface area (TPSA) is 91.4 Å². The lowest BCUT2D eigenvalue weighted by molar-refractivity contribution is -0.117. The van der Waals surface area contributed by atoms with Crippen molar-refractivity contribution < 1.29 is 17.4 Å². The lowest BCUT2D eigenvalue weighted by atomic mass is 10.1. The number of primary amides is 1. The molecule has 1 amide bonds. The Morgan fingerprint density at radius 2 is 1.83 bits per heavy atom. The predicted molar refractivity (Wildman–Crippen MR) is 114 cm³/mol. The molecule has 0 fully saturated rings. The number of carbonyl (C=O) groups is 1. The Kier molecular flexibility index (Phi) is 6.27. The molecule has 2 aromatic carbocycles. The Balaban J connectivity index is 2.14. The van der Waals surface area contributed by atoms with E-state index in [1.54, 1.807) is 19.1 Å². The minimum absolute atomic E-state index is 0.0472. The number of benzene rings is 2. The quantitative estimate of drug-likeness (QED) is 0.543. The van der Waals surface area contributed by atoms with Gasteiger partial charge in [0, 0.05) is 23.1 Å². The second-order valence-corrected chi connectivity index (χ2v) is 8.71. The highest BCUT2D eigenvalue weighted by Gasteiger charge is 2.20. The molecule has 1 aromatic heterocycles. The molecule has 0 saturated heterocycles. The molecule has 0 atom stereocenters. The van der Waals surface area contributed by atoms with Crippen LogP contribution in [0.3, 0.4) is 0 Å². The summed E-state index contributed by atoms with van der Waals surface area (Å²) >= 11 is 0. The van der Waals surface area contributed by atoms with Crippen molar-refractivity contribution in [3.8, 4) is 5.75 Å². The van der Waals surface area contributed by atoms with Crippen LogP contribution in [0, 0.1) is 0 Å². The second-order valence-electron chi connectivity index (χ2n) is 7.02. The predicted octanol–water partition coefficient (Wildman–Crippen LogP) is 3.40. The van der Waals surface area contributed by atoms with Gasteiger partial charge in [-0.25, -0.2) is 0 Å². The average molecular weight is 415 g/mol. The number of hydrogen-bond acceptors (Lipinski definition) is 4. The van der Waals surface area contributed by atoms with Gasteiger partial charge >= 0.3 is 10.1 Å². The molecule has 0 unspecified atom stereocenters.